The Kier molecular flexibility index (Phi) is 5.85. The lowest BCUT2D eigenvalue weighted by molar-refractivity contribution is -0.257. The molecule has 180 valence electrons. The highest BCUT2D eigenvalue weighted by Gasteiger charge is 2.77. The molecule has 0 saturated heterocycles. The van der Waals surface area contributed by atoms with Gasteiger partial charge in [-0.2, -0.15) is 0 Å². The van der Waals surface area contributed by atoms with E-state index >= 15 is 4.39 Å². The number of hydrogen-bond acceptors (Lipinski definition) is 5. The van der Waals surface area contributed by atoms with Gasteiger partial charge in [0.15, 0.2) is 11.4 Å². The van der Waals surface area contributed by atoms with Crippen LogP contribution in [0.4, 0.5) is 4.39 Å². The zero-order chi connectivity index (χ0) is 23.7. The average molecular weight is 471 g/mol. The van der Waals surface area contributed by atoms with E-state index in [9.17, 15) is 19.5 Å². The molecule has 5 nitrogen and oxygen atoms in total. The molecule has 1 N–H and O–H groups in total. The summed E-state index contributed by atoms with van der Waals surface area (Å²) in [5.74, 6) is -2.05. The molecular weight excluding hydrogens is 435 g/mol. The van der Waals surface area contributed by atoms with Gasteiger partial charge in [0.1, 0.15) is 11.5 Å². The first kappa shape index (κ1) is 24.1. The lowest BCUT2D eigenvalue weighted by Gasteiger charge is -2.65. The summed E-state index contributed by atoms with van der Waals surface area (Å²) in [6.07, 6.45) is 1.85. The first-order valence-corrected chi connectivity index (χ1v) is 12.7. The Morgan fingerprint density at radius 1 is 1.22 bits per heavy atom. The highest BCUT2D eigenvalue weighted by molar-refractivity contribution is 6.29. The quantitative estimate of drug-likeness (QED) is 0.486. The van der Waals surface area contributed by atoms with Crippen molar-refractivity contribution in [3.05, 3.63) is 0 Å². The molecule has 4 aliphatic rings. The molecule has 0 radical (unpaired) electrons. The van der Waals surface area contributed by atoms with E-state index < -0.39 is 40.1 Å². The Morgan fingerprint density at radius 3 is 2.53 bits per heavy atom. The number of ether oxygens (including phenoxy) is 1. The molecule has 0 unspecified atom stereocenters. The van der Waals surface area contributed by atoms with Crippen LogP contribution in [0.15, 0.2) is 0 Å². The Bertz CT molecular complexity index is 833. The van der Waals surface area contributed by atoms with Crippen molar-refractivity contribution in [2.45, 2.75) is 96.4 Å². The minimum absolute atomic E-state index is 0.0326. The number of alkyl halides is 2. The summed E-state index contributed by atoms with van der Waals surface area (Å²) >= 11 is 6.03. The fourth-order valence-corrected chi connectivity index (χ4v) is 8.79. The number of hydrogen-bond donors (Lipinski definition) is 1. The number of rotatable bonds is 4. The predicted octanol–water partition coefficient (Wildman–Crippen LogP) is 4.41. The molecule has 0 spiro atoms. The number of halogens is 2. The van der Waals surface area contributed by atoms with Crippen molar-refractivity contribution < 1.29 is 28.6 Å². The molecule has 0 amide bonds. The lowest BCUT2D eigenvalue weighted by atomic mass is 9.42. The van der Waals surface area contributed by atoms with Gasteiger partial charge in [-0.25, -0.2) is 4.39 Å². The number of aliphatic hydroxyl groups excluding tert-OH is 1. The van der Waals surface area contributed by atoms with Gasteiger partial charge in [0, 0.05) is 36.0 Å². The standard InChI is InChI=1S/C25H36ClFO5/c1-5-21(31)32-25(20(30)13-26)14(2)10-18-17-7-6-15-11-16(28)8-9-22(15,3)24(17,27)19(29)12-23(18,25)4/h14-15,17-19,29H,5-13H2,1-4H3/t14-,15-,17+,18-,19+,22+,23-,24+,25+/m1/s1. The second-order valence-corrected chi connectivity index (χ2v) is 11.6. The summed E-state index contributed by atoms with van der Waals surface area (Å²) in [7, 11) is 0. The molecule has 9 atom stereocenters. The van der Waals surface area contributed by atoms with Gasteiger partial charge < -0.3 is 9.84 Å². The first-order valence-electron chi connectivity index (χ1n) is 12.1. The van der Waals surface area contributed by atoms with E-state index in [0.29, 0.717) is 32.1 Å². The Labute approximate surface area is 194 Å². The molecule has 4 saturated carbocycles. The fraction of sp³-hybridized carbons (Fsp3) is 0.880. The summed E-state index contributed by atoms with van der Waals surface area (Å²) < 4.78 is 23.2. The maximum Gasteiger partial charge on any atom is 0.306 e. The highest BCUT2D eigenvalue weighted by atomic mass is 35.5. The van der Waals surface area contributed by atoms with Crippen LogP contribution < -0.4 is 0 Å². The van der Waals surface area contributed by atoms with E-state index in [2.05, 4.69) is 0 Å². The molecule has 0 aromatic heterocycles. The Hall–Kier alpha value is -1.01. The Morgan fingerprint density at radius 2 is 1.91 bits per heavy atom. The molecule has 4 rings (SSSR count). The van der Waals surface area contributed by atoms with E-state index in [1.807, 2.05) is 20.8 Å². The summed E-state index contributed by atoms with van der Waals surface area (Å²) in [4.78, 5) is 37.9. The number of ketones is 2. The van der Waals surface area contributed by atoms with E-state index in [4.69, 9.17) is 16.3 Å². The molecule has 0 aromatic rings. The maximum absolute atomic E-state index is 17.3. The molecule has 0 heterocycles. The molecule has 7 heteroatoms. The van der Waals surface area contributed by atoms with Gasteiger partial charge in [-0.15, -0.1) is 11.6 Å². The van der Waals surface area contributed by atoms with Crippen molar-refractivity contribution in [3.63, 3.8) is 0 Å². The van der Waals surface area contributed by atoms with Gasteiger partial charge >= 0.3 is 5.97 Å². The number of fused-ring (bicyclic) bond motifs is 5. The Balaban J connectivity index is 1.81. The normalized spacial score (nSPS) is 50.2. The summed E-state index contributed by atoms with van der Waals surface area (Å²) in [6, 6.07) is 0. The summed E-state index contributed by atoms with van der Waals surface area (Å²) in [6.45, 7) is 7.36. The van der Waals surface area contributed by atoms with Crippen LogP contribution in [0.3, 0.4) is 0 Å². The van der Waals surface area contributed by atoms with Crippen molar-refractivity contribution in [2.75, 3.05) is 5.88 Å². The fourth-order valence-electron chi connectivity index (χ4n) is 8.59. The second kappa shape index (κ2) is 7.76. The van der Waals surface area contributed by atoms with E-state index in [1.165, 1.54) is 0 Å². The van der Waals surface area contributed by atoms with Crippen LogP contribution in [-0.2, 0) is 19.1 Å². The maximum atomic E-state index is 17.3. The monoisotopic (exact) mass is 470 g/mol. The first-order chi connectivity index (χ1) is 14.9. The lowest BCUT2D eigenvalue weighted by Crippen LogP contribution is -2.71. The van der Waals surface area contributed by atoms with Crippen molar-refractivity contribution in [1.29, 1.82) is 0 Å². The molecule has 0 aromatic carbocycles. The van der Waals surface area contributed by atoms with Crippen LogP contribution in [0.2, 0.25) is 0 Å². The van der Waals surface area contributed by atoms with Gasteiger partial charge in [0.25, 0.3) is 0 Å². The summed E-state index contributed by atoms with van der Waals surface area (Å²) in [5.41, 5.74) is -4.99. The molecule has 0 aliphatic heterocycles. The van der Waals surface area contributed by atoms with E-state index in [-0.39, 0.29) is 48.0 Å². The van der Waals surface area contributed by atoms with Crippen LogP contribution >= 0.6 is 11.6 Å². The predicted molar refractivity (Wildman–Crippen MR) is 118 cm³/mol. The van der Waals surface area contributed by atoms with Crippen LogP contribution in [0.5, 0.6) is 0 Å². The van der Waals surface area contributed by atoms with E-state index in [0.717, 1.165) is 6.42 Å². The topological polar surface area (TPSA) is 80.7 Å². The molecular formula is C25H36ClFO5. The van der Waals surface area contributed by atoms with Crippen molar-refractivity contribution in [1.82, 2.24) is 0 Å². The smallest absolute Gasteiger partial charge is 0.306 e. The van der Waals surface area contributed by atoms with Crippen LogP contribution in [0.25, 0.3) is 0 Å². The van der Waals surface area contributed by atoms with Gasteiger partial charge in [0.2, 0.25) is 0 Å². The zero-order valence-corrected chi connectivity index (χ0v) is 20.3. The highest BCUT2D eigenvalue weighted by Crippen LogP contribution is 2.72. The third kappa shape index (κ3) is 2.80. The zero-order valence-electron chi connectivity index (χ0n) is 19.6. The summed E-state index contributed by atoms with van der Waals surface area (Å²) in [5, 5.41) is 11.5. The van der Waals surface area contributed by atoms with Crippen LogP contribution in [0, 0.1) is 34.5 Å². The number of esters is 1. The van der Waals surface area contributed by atoms with Gasteiger partial charge in [-0.05, 0) is 49.9 Å². The number of aliphatic hydroxyl groups is 1. The van der Waals surface area contributed by atoms with Crippen LogP contribution in [-0.4, -0.2) is 45.9 Å². The molecule has 4 fully saturated rings. The third-order valence-electron chi connectivity index (χ3n) is 10.2. The van der Waals surface area contributed by atoms with Gasteiger partial charge in [-0.1, -0.05) is 27.7 Å². The number of Topliss-reactive ketones (excluding diaryl/α,β-unsaturated/α-hetero) is 2. The van der Waals surface area contributed by atoms with E-state index in [1.54, 1.807) is 6.92 Å². The second-order valence-electron chi connectivity index (χ2n) is 11.3. The van der Waals surface area contributed by atoms with Crippen molar-refractivity contribution >= 4 is 29.1 Å². The minimum atomic E-state index is -1.84. The van der Waals surface area contributed by atoms with Gasteiger partial charge in [0.05, 0.1) is 12.0 Å². The minimum Gasteiger partial charge on any atom is -0.450 e. The average Bonchev–Trinajstić information content (AvgIpc) is 2.96. The number of carbonyl (C=O) groups excluding carboxylic acids is 3. The van der Waals surface area contributed by atoms with Crippen molar-refractivity contribution in [2.24, 2.45) is 34.5 Å². The van der Waals surface area contributed by atoms with Crippen molar-refractivity contribution in [3.8, 4) is 0 Å². The number of carbonyl (C=O) groups is 3. The largest absolute Gasteiger partial charge is 0.450 e. The SMILES string of the molecule is CCC(=O)O[C@]1(C(=O)CCl)[C@H](C)C[C@@H]2[C@@H]3CC[C@@H]4CC(=O)CC[C@]4(C)[C@@]3(F)[C@@H](O)C[C@]21C. The molecule has 32 heavy (non-hydrogen) atoms. The molecule has 0 bridgehead atoms. The third-order valence-corrected chi connectivity index (χ3v) is 10.4. The van der Waals surface area contributed by atoms with Gasteiger partial charge in [-0.3, -0.25) is 14.4 Å². The van der Waals surface area contributed by atoms with Crippen LogP contribution in [0.1, 0.15) is 79.1 Å². The molecule has 4 aliphatic carbocycles.